The fourth-order valence-corrected chi connectivity index (χ4v) is 1.35. The molecule has 1 fully saturated rings. The van der Waals surface area contributed by atoms with Crippen molar-refractivity contribution in [1.82, 2.24) is 10.6 Å². The minimum absolute atomic E-state index is 0.324. The van der Waals surface area contributed by atoms with Crippen molar-refractivity contribution in [2.24, 2.45) is 5.92 Å². The van der Waals surface area contributed by atoms with Gasteiger partial charge in [0.2, 0.25) is 0 Å². The van der Waals surface area contributed by atoms with Crippen LogP contribution in [0, 0.1) is 5.92 Å². The van der Waals surface area contributed by atoms with E-state index in [2.05, 4.69) is 10.6 Å². The Morgan fingerprint density at radius 2 is 2.00 bits per heavy atom. The largest absolute Gasteiger partial charge is 0.444 e. The maximum absolute atomic E-state index is 11.3. The van der Waals surface area contributed by atoms with Gasteiger partial charge in [-0.1, -0.05) is 0 Å². The van der Waals surface area contributed by atoms with Crippen LogP contribution in [0.4, 0.5) is 4.79 Å². The first-order chi connectivity index (χ1) is 7.47. The van der Waals surface area contributed by atoms with Crippen molar-refractivity contribution in [2.75, 3.05) is 19.6 Å². The van der Waals surface area contributed by atoms with Crippen LogP contribution in [0.1, 0.15) is 40.0 Å². The van der Waals surface area contributed by atoms with Gasteiger partial charge in [-0.25, -0.2) is 4.79 Å². The minimum atomic E-state index is -0.408. The van der Waals surface area contributed by atoms with Crippen LogP contribution in [0.3, 0.4) is 0 Å². The van der Waals surface area contributed by atoms with Crippen molar-refractivity contribution < 1.29 is 9.53 Å². The Kier molecular flexibility index (Phi) is 5.06. The monoisotopic (exact) mass is 228 g/mol. The van der Waals surface area contributed by atoms with Crippen LogP contribution in [-0.4, -0.2) is 31.3 Å². The summed E-state index contributed by atoms with van der Waals surface area (Å²) in [5.41, 5.74) is -0.408. The highest BCUT2D eigenvalue weighted by atomic mass is 16.6. The molecule has 0 aromatic carbocycles. The Balaban J connectivity index is 1.87. The van der Waals surface area contributed by atoms with Gasteiger partial charge in [-0.2, -0.15) is 0 Å². The van der Waals surface area contributed by atoms with Crippen molar-refractivity contribution in [3.63, 3.8) is 0 Å². The highest BCUT2D eigenvalue weighted by Crippen LogP contribution is 2.27. The molecule has 0 aromatic heterocycles. The maximum Gasteiger partial charge on any atom is 0.407 e. The molecule has 1 aliphatic rings. The van der Waals surface area contributed by atoms with E-state index in [1.54, 1.807) is 0 Å². The molecule has 0 unspecified atom stereocenters. The highest BCUT2D eigenvalue weighted by molar-refractivity contribution is 5.67. The summed E-state index contributed by atoms with van der Waals surface area (Å²) in [7, 11) is 0. The third-order valence-corrected chi connectivity index (χ3v) is 2.33. The molecule has 0 aromatic rings. The zero-order chi connectivity index (χ0) is 12.0. The summed E-state index contributed by atoms with van der Waals surface area (Å²) >= 11 is 0. The first-order valence-electron chi connectivity index (χ1n) is 6.15. The lowest BCUT2D eigenvalue weighted by molar-refractivity contribution is 0.0527. The Morgan fingerprint density at radius 1 is 1.31 bits per heavy atom. The SMILES string of the molecule is CC(C)(C)OC(=O)NCCCNCC1CC1. The van der Waals surface area contributed by atoms with Crippen LogP contribution < -0.4 is 10.6 Å². The molecule has 2 N–H and O–H groups in total. The summed E-state index contributed by atoms with van der Waals surface area (Å²) in [5.74, 6) is 0.916. The Hall–Kier alpha value is -0.770. The summed E-state index contributed by atoms with van der Waals surface area (Å²) in [4.78, 5) is 11.3. The van der Waals surface area contributed by atoms with E-state index in [1.807, 2.05) is 20.8 Å². The molecular weight excluding hydrogens is 204 g/mol. The van der Waals surface area contributed by atoms with Crippen LogP contribution in [0.25, 0.3) is 0 Å². The maximum atomic E-state index is 11.3. The summed E-state index contributed by atoms with van der Waals surface area (Å²) in [6.45, 7) is 8.36. The van der Waals surface area contributed by atoms with Crippen molar-refractivity contribution in [1.29, 1.82) is 0 Å². The molecule has 0 bridgehead atoms. The number of rotatable bonds is 6. The van der Waals surface area contributed by atoms with Crippen LogP contribution >= 0.6 is 0 Å². The second kappa shape index (κ2) is 6.09. The lowest BCUT2D eigenvalue weighted by Gasteiger charge is -2.19. The number of carbonyl (C=O) groups excluding carboxylic acids is 1. The van der Waals surface area contributed by atoms with Gasteiger partial charge in [0, 0.05) is 6.54 Å². The number of ether oxygens (including phenoxy) is 1. The first-order valence-corrected chi connectivity index (χ1v) is 6.15. The Morgan fingerprint density at radius 3 is 2.56 bits per heavy atom. The van der Waals surface area contributed by atoms with Gasteiger partial charge in [-0.15, -0.1) is 0 Å². The van der Waals surface area contributed by atoms with E-state index in [0.717, 1.165) is 25.4 Å². The lowest BCUT2D eigenvalue weighted by Crippen LogP contribution is -2.34. The molecule has 1 aliphatic carbocycles. The van der Waals surface area contributed by atoms with E-state index in [4.69, 9.17) is 4.74 Å². The Labute approximate surface area is 98.1 Å². The minimum Gasteiger partial charge on any atom is -0.444 e. The van der Waals surface area contributed by atoms with Gasteiger partial charge < -0.3 is 15.4 Å². The average molecular weight is 228 g/mol. The molecule has 4 heteroatoms. The third-order valence-electron chi connectivity index (χ3n) is 2.33. The first kappa shape index (κ1) is 13.3. The Bertz CT molecular complexity index is 220. The van der Waals surface area contributed by atoms with Crippen molar-refractivity contribution >= 4 is 6.09 Å². The fraction of sp³-hybridized carbons (Fsp3) is 0.917. The normalized spacial score (nSPS) is 15.9. The molecular formula is C12H24N2O2. The van der Waals surface area contributed by atoms with Gasteiger partial charge >= 0.3 is 6.09 Å². The molecule has 0 atom stereocenters. The smallest absolute Gasteiger partial charge is 0.407 e. The topological polar surface area (TPSA) is 50.4 Å². The van der Waals surface area contributed by atoms with E-state index >= 15 is 0 Å². The predicted octanol–water partition coefficient (Wildman–Crippen LogP) is 1.90. The molecule has 94 valence electrons. The van der Waals surface area contributed by atoms with E-state index in [-0.39, 0.29) is 6.09 Å². The zero-order valence-corrected chi connectivity index (χ0v) is 10.6. The summed E-state index contributed by atoms with van der Waals surface area (Å²) in [6, 6.07) is 0. The van der Waals surface area contributed by atoms with E-state index < -0.39 is 5.60 Å². The summed E-state index contributed by atoms with van der Waals surface area (Å²) in [5, 5.41) is 6.12. The van der Waals surface area contributed by atoms with Crippen molar-refractivity contribution in [2.45, 2.75) is 45.6 Å². The van der Waals surface area contributed by atoms with Gasteiger partial charge in [0.05, 0.1) is 0 Å². The second-order valence-electron chi connectivity index (χ2n) is 5.43. The van der Waals surface area contributed by atoms with Gasteiger partial charge in [-0.3, -0.25) is 0 Å². The molecule has 0 saturated heterocycles. The highest BCUT2D eigenvalue weighted by Gasteiger charge is 2.20. The molecule has 16 heavy (non-hydrogen) atoms. The second-order valence-corrected chi connectivity index (χ2v) is 5.43. The van der Waals surface area contributed by atoms with Crippen LogP contribution in [0.15, 0.2) is 0 Å². The van der Waals surface area contributed by atoms with Crippen molar-refractivity contribution in [3.8, 4) is 0 Å². The van der Waals surface area contributed by atoms with Crippen LogP contribution in [0.5, 0.6) is 0 Å². The molecule has 4 nitrogen and oxygen atoms in total. The molecule has 0 aliphatic heterocycles. The number of alkyl carbamates (subject to hydrolysis) is 1. The molecule has 1 amide bonds. The number of hydrogen-bond acceptors (Lipinski definition) is 3. The summed E-state index contributed by atoms with van der Waals surface area (Å²) in [6.07, 6.45) is 3.38. The average Bonchev–Trinajstić information content (AvgIpc) is 2.91. The lowest BCUT2D eigenvalue weighted by atomic mass is 10.2. The summed E-state index contributed by atoms with van der Waals surface area (Å²) < 4.78 is 5.12. The number of carbonyl (C=O) groups is 1. The van der Waals surface area contributed by atoms with E-state index in [0.29, 0.717) is 6.54 Å². The number of nitrogens with one attached hydrogen (secondary N) is 2. The van der Waals surface area contributed by atoms with Crippen LogP contribution in [-0.2, 0) is 4.74 Å². The molecule has 1 saturated carbocycles. The quantitative estimate of drug-likeness (QED) is 0.683. The number of amides is 1. The molecule has 0 heterocycles. The third kappa shape index (κ3) is 7.51. The van der Waals surface area contributed by atoms with E-state index in [9.17, 15) is 4.79 Å². The van der Waals surface area contributed by atoms with Gasteiger partial charge in [0.15, 0.2) is 0 Å². The number of hydrogen-bond donors (Lipinski definition) is 2. The molecule has 0 spiro atoms. The van der Waals surface area contributed by atoms with Crippen LogP contribution in [0.2, 0.25) is 0 Å². The predicted molar refractivity (Wildman–Crippen MR) is 64.4 cm³/mol. The standard InChI is InChI=1S/C12H24N2O2/c1-12(2,3)16-11(15)14-8-4-7-13-9-10-5-6-10/h10,13H,4-9H2,1-3H3,(H,14,15). The van der Waals surface area contributed by atoms with E-state index in [1.165, 1.54) is 12.8 Å². The van der Waals surface area contributed by atoms with Crippen molar-refractivity contribution in [3.05, 3.63) is 0 Å². The zero-order valence-electron chi connectivity index (χ0n) is 10.6. The van der Waals surface area contributed by atoms with Gasteiger partial charge in [-0.05, 0) is 59.0 Å². The van der Waals surface area contributed by atoms with Gasteiger partial charge in [0.25, 0.3) is 0 Å². The molecule has 1 rings (SSSR count). The fourth-order valence-electron chi connectivity index (χ4n) is 1.35. The molecule has 0 radical (unpaired) electrons. The van der Waals surface area contributed by atoms with Gasteiger partial charge in [0.1, 0.15) is 5.60 Å².